The molecule has 2 aromatic rings. The molecule has 0 spiro atoms. The second kappa shape index (κ2) is 5.48. The van der Waals surface area contributed by atoms with E-state index in [1.54, 1.807) is 13.0 Å². The summed E-state index contributed by atoms with van der Waals surface area (Å²) in [5, 5.41) is 1.36. The molecular weight excluding hydrogens is 263 g/mol. The Morgan fingerprint density at radius 2 is 1.59 bits per heavy atom. The van der Waals surface area contributed by atoms with Crippen molar-refractivity contribution in [1.82, 2.24) is 0 Å². The van der Waals surface area contributed by atoms with Gasteiger partial charge in [-0.1, -0.05) is 24.3 Å². The third kappa shape index (κ3) is 2.98. The minimum absolute atomic E-state index is 0. The van der Waals surface area contributed by atoms with Crippen molar-refractivity contribution >= 4 is 20.9 Å². The molecule has 0 fully saturated rings. The Morgan fingerprint density at radius 3 is 2.18 bits per heavy atom. The zero-order chi connectivity index (χ0) is 11.9. The second-order valence-electron chi connectivity index (χ2n) is 3.83. The van der Waals surface area contributed by atoms with Crippen molar-refractivity contribution in [1.29, 1.82) is 0 Å². The molecule has 0 saturated carbocycles. The summed E-state index contributed by atoms with van der Waals surface area (Å²) < 4.78 is 33.5. The standard InChI is InChI=1S/C12H12O3S.K/c1-8-6-7-9(2)12-10(8)4-3-5-11(12)16(13,14)15;/h3-7H,1-2H3,(H,13,14,15);/q;+1/p-1. The number of fused-ring (bicyclic) bond motifs is 1. The minimum Gasteiger partial charge on any atom is -0.744 e. The van der Waals surface area contributed by atoms with E-state index in [1.807, 2.05) is 25.1 Å². The van der Waals surface area contributed by atoms with Crippen LogP contribution in [0.5, 0.6) is 0 Å². The predicted octanol–water partition coefficient (Wildman–Crippen LogP) is -0.635. The molecule has 17 heavy (non-hydrogen) atoms. The SMILES string of the molecule is Cc1ccc(C)c2c(S(=O)(=O)[O-])cccc12.[K+]. The van der Waals surface area contributed by atoms with E-state index < -0.39 is 10.1 Å². The predicted molar refractivity (Wildman–Crippen MR) is 61.4 cm³/mol. The van der Waals surface area contributed by atoms with Gasteiger partial charge in [-0.05, 0) is 36.4 Å². The molecule has 2 aromatic carbocycles. The van der Waals surface area contributed by atoms with Gasteiger partial charge < -0.3 is 4.55 Å². The summed E-state index contributed by atoms with van der Waals surface area (Å²) >= 11 is 0. The van der Waals surface area contributed by atoms with Crippen LogP contribution in [0.4, 0.5) is 0 Å². The first-order valence-corrected chi connectivity index (χ1v) is 6.27. The first-order valence-electron chi connectivity index (χ1n) is 4.86. The van der Waals surface area contributed by atoms with Gasteiger partial charge in [-0.25, -0.2) is 8.42 Å². The molecule has 5 heteroatoms. The van der Waals surface area contributed by atoms with E-state index in [4.69, 9.17) is 0 Å². The zero-order valence-corrected chi connectivity index (χ0v) is 14.0. The van der Waals surface area contributed by atoms with Crippen molar-refractivity contribution in [3.05, 3.63) is 41.5 Å². The van der Waals surface area contributed by atoms with E-state index in [0.717, 1.165) is 16.5 Å². The Labute approximate surface area is 143 Å². The van der Waals surface area contributed by atoms with Crippen molar-refractivity contribution in [2.45, 2.75) is 18.7 Å². The molecular formula is C12H11KO3S. The van der Waals surface area contributed by atoms with Crippen LogP contribution in [-0.2, 0) is 10.1 Å². The van der Waals surface area contributed by atoms with Gasteiger partial charge in [-0.2, -0.15) is 0 Å². The largest absolute Gasteiger partial charge is 1.00 e. The monoisotopic (exact) mass is 274 g/mol. The van der Waals surface area contributed by atoms with Gasteiger partial charge in [0.05, 0.1) is 4.90 Å². The van der Waals surface area contributed by atoms with Crippen LogP contribution in [0, 0.1) is 13.8 Å². The van der Waals surface area contributed by atoms with Gasteiger partial charge in [0.1, 0.15) is 10.1 Å². The first-order chi connectivity index (χ1) is 7.41. The molecule has 0 aliphatic rings. The van der Waals surface area contributed by atoms with E-state index in [0.29, 0.717) is 5.39 Å². The van der Waals surface area contributed by atoms with Crippen LogP contribution in [0.2, 0.25) is 0 Å². The van der Waals surface area contributed by atoms with E-state index >= 15 is 0 Å². The molecule has 0 aliphatic carbocycles. The number of hydrogen-bond donors (Lipinski definition) is 0. The summed E-state index contributed by atoms with van der Waals surface area (Å²) in [6.07, 6.45) is 0. The van der Waals surface area contributed by atoms with E-state index in [9.17, 15) is 13.0 Å². The Balaban J connectivity index is 0.00000144. The molecule has 0 bridgehead atoms. The molecule has 0 aliphatic heterocycles. The normalized spacial score (nSPS) is 11.2. The smallest absolute Gasteiger partial charge is 0.744 e. The van der Waals surface area contributed by atoms with Gasteiger partial charge in [0.25, 0.3) is 0 Å². The molecule has 0 aromatic heterocycles. The van der Waals surface area contributed by atoms with Crippen LogP contribution in [0.25, 0.3) is 10.8 Å². The van der Waals surface area contributed by atoms with E-state index in [-0.39, 0.29) is 56.3 Å². The summed E-state index contributed by atoms with van der Waals surface area (Å²) in [5.41, 5.74) is 1.77. The maximum atomic E-state index is 11.2. The number of rotatable bonds is 1. The molecule has 3 nitrogen and oxygen atoms in total. The summed E-state index contributed by atoms with van der Waals surface area (Å²) in [5.74, 6) is 0. The van der Waals surface area contributed by atoms with E-state index in [1.165, 1.54) is 6.07 Å². The average molecular weight is 274 g/mol. The van der Waals surface area contributed by atoms with Crippen LogP contribution in [-0.4, -0.2) is 13.0 Å². The van der Waals surface area contributed by atoms with Crippen LogP contribution in [0.3, 0.4) is 0 Å². The van der Waals surface area contributed by atoms with Crippen LogP contribution in [0.15, 0.2) is 35.2 Å². The van der Waals surface area contributed by atoms with Gasteiger partial charge in [0.15, 0.2) is 0 Å². The van der Waals surface area contributed by atoms with Crippen LogP contribution < -0.4 is 51.4 Å². The summed E-state index contributed by atoms with van der Waals surface area (Å²) in [6, 6.07) is 8.52. The third-order valence-corrected chi connectivity index (χ3v) is 3.58. The molecule has 0 N–H and O–H groups in total. The Hall–Kier alpha value is 0.246. The fraction of sp³-hybridized carbons (Fsp3) is 0.167. The van der Waals surface area contributed by atoms with Crippen molar-refractivity contribution in [2.75, 3.05) is 0 Å². The topological polar surface area (TPSA) is 57.2 Å². The molecule has 0 atom stereocenters. The molecule has 2 rings (SSSR count). The van der Waals surface area contributed by atoms with Crippen molar-refractivity contribution in [3.63, 3.8) is 0 Å². The van der Waals surface area contributed by atoms with Crippen molar-refractivity contribution in [3.8, 4) is 0 Å². The molecule has 0 radical (unpaired) electrons. The summed E-state index contributed by atoms with van der Waals surface area (Å²) in [7, 11) is -4.42. The summed E-state index contributed by atoms with van der Waals surface area (Å²) in [6.45, 7) is 3.69. The molecule has 0 heterocycles. The minimum atomic E-state index is -4.42. The Bertz CT molecular complexity index is 663. The fourth-order valence-electron chi connectivity index (χ4n) is 1.90. The maximum absolute atomic E-state index is 11.2. The van der Waals surface area contributed by atoms with Crippen molar-refractivity contribution < 1.29 is 64.4 Å². The van der Waals surface area contributed by atoms with Crippen LogP contribution in [0.1, 0.15) is 11.1 Å². The van der Waals surface area contributed by atoms with E-state index in [2.05, 4.69) is 0 Å². The second-order valence-corrected chi connectivity index (χ2v) is 5.18. The molecule has 0 saturated heterocycles. The molecule has 0 unspecified atom stereocenters. The Kier molecular flexibility index (Phi) is 4.94. The maximum Gasteiger partial charge on any atom is 1.00 e. The molecule has 84 valence electrons. The zero-order valence-electron chi connectivity index (χ0n) is 10.0. The van der Waals surface area contributed by atoms with Gasteiger partial charge in [-0.3, -0.25) is 0 Å². The molecule has 0 amide bonds. The average Bonchev–Trinajstić information content (AvgIpc) is 2.22. The third-order valence-electron chi connectivity index (χ3n) is 2.70. The van der Waals surface area contributed by atoms with Gasteiger partial charge in [0.2, 0.25) is 0 Å². The quantitative estimate of drug-likeness (QED) is 0.514. The van der Waals surface area contributed by atoms with Gasteiger partial charge in [0, 0.05) is 5.39 Å². The first kappa shape index (κ1) is 15.3. The van der Waals surface area contributed by atoms with Crippen molar-refractivity contribution in [2.24, 2.45) is 0 Å². The number of aryl methyl sites for hydroxylation is 2. The fourth-order valence-corrected chi connectivity index (χ4v) is 2.66. The Morgan fingerprint density at radius 1 is 1.00 bits per heavy atom. The summed E-state index contributed by atoms with van der Waals surface area (Å²) in [4.78, 5) is -0.133. The number of hydrogen-bond acceptors (Lipinski definition) is 3. The van der Waals surface area contributed by atoms with Gasteiger partial charge >= 0.3 is 51.4 Å². The van der Waals surface area contributed by atoms with Gasteiger partial charge in [-0.15, -0.1) is 0 Å². The van der Waals surface area contributed by atoms with Crippen LogP contribution >= 0.6 is 0 Å². The number of benzene rings is 2.